The van der Waals surface area contributed by atoms with E-state index in [9.17, 15) is 14.3 Å². The van der Waals surface area contributed by atoms with Crippen molar-refractivity contribution in [1.82, 2.24) is 4.98 Å². The zero-order valence-electron chi connectivity index (χ0n) is 12.8. The fraction of sp³-hybridized carbons (Fsp3) is 0.250. The van der Waals surface area contributed by atoms with E-state index in [1.165, 1.54) is 12.1 Å². The lowest BCUT2D eigenvalue weighted by Crippen LogP contribution is -2.46. The monoisotopic (exact) mass is 403 g/mol. The standard InChI is InChI=1S/C16H13Cl3FN3O2/c17-11-13(16(24)25)21-15(19)12(18)14(11)23-7-5-22(6-8-23)10-3-1-9(20)2-4-10/h1-4H,5-8H2,(H,24,25). The van der Waals surface area contributed by atoms with E-state index in [1.54, 1.807) is 12.1 Å². The molecule has 0 spiro atoms. The minimum absolute atomic E-state index is 0.0304. The maximum absolute atomic E-state index is 13.0. The molecule has 5 nitrogen and oxygen atoms in total. The molecule has 0 saturated carbocycles. The highest BCUT2D eigenvalue weighted by Gasteiger charge is 2.27. The summed E-state index contributed by atoms with van der Waals surface area (Å²) in [4.78, 5) is 19.0. The second-order valence-electron chi connectivity index (χ2n) is 5.48. The number of pyridine rings is 1. The molecule has 2 aromatic rings. The average molecular weight is 405 g/mol. The van der Waals surface area contributed by atoms with Crippen molar-refractivity contribution in [3.05, 3.63) is 51.0 Å². The summed E-state index contributed by atoms with van der Waals surface area (Å²) in [7, 11) is 0. The Morgan fingerprint density at radius 2 is 1.56 bits per heavy atom. The minimum Gasteiger partial charge on any atom is -0.476 e. The number of hydrogen-bond acceptors (Lipinski definition) is 4. The predicted octanol–water partition coefficient (Wildman–Crippen LogP) is 4.21. The lowest BCUT2D eigenvalue weighted by atomic mass is 10.2. The maximum atomic E-state index is 13.0. The topological polar surface area (TPSA) is 56.7 Å². The lowest BCUT2D eigenvalue weighted by Gasteiger charge is -2.38. The van der Waals surface area contributed by atoms with Crippen LogP contribution < -0.4 is 9.80 Å². The van der Waals surface area contributed by atoms with Gasteiger partial charge in [0, 0.05) is 31.9 Å². The van der Waals surface area contributed by atoms with E-state index in [2.05, 4.69) is 9.88 Å². The lowest BCUT2D eigenvalue weighted by molar-refractivity contribution is 0.0690. The van der Waals surface area contributed by atoms with Gasteiger partial charge in [-0.25, -0.2) is 14.2 Å². The Balaban J connectivity index is 1.83. The highest BCUT2D eigenvalue weighted by molar-refractivity contribution is 6.46. The molecule has 1 aromatic heterocycles. The molecule has 1 fully saturated rings. The summed E-state index contributed by atoms with van der Waals surface area (Å²) in [6.45, 7) is 2.38. The molecule has 0 bridgehead atoms. The molecule has 1 aliphatic rings. The molecule has 0 atom stereocenters. The fourth-order valence-corrected chi connectivity index (χ4v) is 3.58. The number of halogens is 4. The molecule has 1 N–H and O–H groups in total. The van der Waals surface area contributed by atoms with Crippen LogP contribution in [0.4, 0.5) is 15.8 Å². The van der Waals surface area contributed by atoms with Crippen LogP contribution in [0.2, 0.25) is 15.2 Å². The van der Waals surface area contributed by atoms with Crippen molar-refractivity contribution in [3.63, 3.8) is 0 Å². The van der Waals surface area contributed by atoms with Gasteiger partial charge in [0.05, 0.1) is 10.7 Å². The van der Waals surface area contributed by atoms with Crippen LogP contribution >= 0.6 is 34.8 Å². The Bertz CT molecular complexity index is 809. The molecular formula is C16H13Cl3FN3O2. The number of piperazine rings is 1. The highest BCUT2D eigenvalue weighted by Crippen LogP contribution is 2.40. The van der Waals surface area contributed by atoms with Gasteiger partial charge in [-0.15, -0.1) is 0 Å². The number of rotatable bonds is 3. The first-order chi connectivity index (χ1) is 11.9. The number of anilines is 2. The van der Waals surface area contributed by atoms with Crippen LogP contribution in [-0.2, 0) is 0 Å². The van der Waals surface area contributed by atoms with Gasteiger partial charge in [-0.05, 0) is 24.3 Å². The average Bonchev–Trinajstić information content (AvgIpc) is 2.59. The van der Waals surface area contributed by atoms with Crippen LogP contribution in [0.1, 0.15) is 10.5 Å². The summed E-state index contributed by atoms with van der Waals surface area (Å²) in [6.07, 6.45) is 0. The molecule has 0 radical (unpaired) electrons. The van der Waals surface area contributed by atoms with Crippen LogP contribution in [0.15, 0.2) is 24.3 Å². The quantitative estimate of drug-likeness (QED) is 0.777. The zero-order valence-corrected chi connectivity index (χ0v) is 15.1. The van der Waals surface area contributed by atoms with Crippen molar-refractivity contribution in [2.75, 3.05) is 36.0 Å². The van der Waals surface area contributed by atoms with E-state index >= 15 is 0 Å². The van der Waals surface area contributed by atoms with Crippen LogP contribution in [0, 0.1) is 5.82 Å². The van der Waals surface area contributed by atoms with Crippen molar-refractivity contribution < 1.29 is 14.3 Å². The third kappa shape index (κ3) is 3.61. The van der Waals surface area contributed by atoms with E-state index in [0.29, 0.717) is 31.9 Å². The van der Waals surface area contributed by atoms with Crippen molar-refractivity contribution in [3.8, 4) is 0 Å². The third-order valence-corrected chi connectivity index (χ3v) is 5.09. The Labute approximate surface area is 158 Å². The first-order valence-corrected chi connectivity index (χ1v) is 8.55. The van der Waals surface area contributed by atoms with E-state index in [1.807, 2.05) is 4.90 Å². The van der Waals surface area contributed by atoms with Gasteiger partial charge in [0.1, 0.15) is 10.8 Å². The molecule has 0 aliphatic carbocycles. The predicted molar refractivity (Wildman–Crippen MR) is 97.1 cm³/mol. The van der Waals surface area contributed by atoms with Gasteiger partial charge in [0.25, 0.3) is 0 Å². The summed E-state index contributed by atoms with van der Waals surface area (Å²) >= 11 is 18.4. The van der Waals surface area contributed by atoms with Gasteiger partial charge in [0.2, 0.25) is 0 Å². The minimum atomic E-state index is -1.27. The number of nitrogens with zero attached hydrogens (tertiary/aromatic N) is 3. The summed E-state index contributed by atoms with van der Waals surface area (Å²) in [6, 6.07) is 6.27. The van der Waals surface area contributed by atoms with Gasteiger partial charge in [0.15, 0.2) is 10.8 Å². The molecule has 3 rings (SSSR count). The van der Waals surface area contributed by atoms with Crippen LogP contribution in [0.5, 0.6) is 0 Å². The number of carboxylic acids is 1. The fourth-order valence-electron chi connectivity index (χ4n) is 2.76. The summed E-state index contributed by atoms with van der Waals surface area (Å²) in [5.41, 5.74) is 0.962. The first kappa shape index (κ1) is 18.0. The second kappa shape index (κ2) is 7.23. The molecule has 9 heteroatoms. The largest absolute Gasteiger partial charge is 0.476 e. The van der Waals surface area contributed by atoms with Gasteiger partial charge in [-0.1, -0.05) is 34.8 Å². The van der Waals surface area contributed by atoms with Crippen LogP contribution in [0.3, 0.4) is 0 Å². The smallest absolute Gasteiger partial charge is 0.356 e. The summed E-state index contributed by atoms with van der Waals surface area (Å²) in [5, 5.41) is 9.21. The van der Waals surface area contributed by atoms with E-state index < -0.39 is 5.97 Å². The zero-order chi connectivity index (χ0) is 18.1. The molecule has 1 saturated heterocycles. The van der Waals surface area contributed by atoms with Crippen molar-refractivity contribution in [2.45, 2.75) is 0 Å². The van der Waals surface area contributed by atoms with Gasteiger partial charge >= 0.3 is 5.97 Å². The number of carboxylic acid groups (broad SMARTS) is 1. The SMILES string of the molecule is O=C(O)c1nc(Cl)c(Cl)c(N2CCN(c3ccc(F)cc3)CC2)c1Cl. The van der Waals surface area contributed by atoms with Crippen molar-refractivity contribution >= 4 is 52.1 Å². The second-order valence-corrected chi connectivity index (χ2v) is 6.60. The van der Waals surface area contributed by atoms with E-state index in [4.69, 9.17) is 34.8 Å². The number of aromatic nitrogens is 1. The van der Waals surface area contributed by atoms with Crippen LogP contribution in [-0.4, -0.2) is 42.2 Å². The Kier molecular flexibility index (Phi) is 5.22. The van der Waals surface area contributed by atoms with Gasteiger partial charge < -0.3 is 14.9 Å². The van der Waals surface area contributed by atoms with Gasteiger partial charge in [-0.3, -0.25) is 0 Å². The summed E-state index contributed by atoms with van der Waals surface area (Å²) in [5.74, 6) is -1.55. The molecule has 0 amide bonds. The van der Waals surface area contributed by atoms with Gasteiger partial charge in [-0.2, -0.15) is 0 Å². The number of carbonyl (C=O) groups is 1. The van der Waals surface area contributed by atoms with Crippen molar-refractivity contribution in [1.29, 1.82) is 0 Å². The Hall–Kier alpha value is -1.76. The van der Waals surface area contributed by atoms with E-state index in [-0.39, 0.29) is 26.7 Å². The third-order valence-electron chi connectivity index (χ3n) is 4.01. The molecular weight excluding hydrogens is 392 g/mol. The Morgan fingerprint density at radius 3 is 2.12 bits per heavy atom. The highest BCUT2D eigenvalue weighted by atomic mass is 35.5. The van der Waals surface area contributed by atoms with Crippen molar-refractivity contribution in [2.24, 2.45) is 0 Å². The first-order valence-electron chi connectivity index (χ1n) is 7.41. The molecule has 1 aliphatic heterocycles. The normalized spacial score (nSPS) is 14.7. The molecule has 132 valence electrons. The molecule has 2 heterocycles. The number of hydrogen-bond donors (Lipinski definition) is 1. The Morgan fingerprint density at radius 1 is 1.00 bits per heavy atom. The summed E-state index contributed by atoms with van der Waals surface area (Å²) < 4.78 is 13.0. The van der Waals surface area contributed by atoms with Crippen LogP contribution in [0.25, 0.3) is 0 Å². The number of benzene rings is 1. The molecule has 0 unspecified atom stereocenters. The molecule has 25 heavy (non-hydrogen) atoms. The number of aromatic carboxylic acids is 1. The molecule has 1 aromatic carbocycles. The maximum Gasteiger partial charge on any atom is 0.356 e. The van der Waals surface area contributed by atoms with E-state index in [0.717, 1.165) is 5.69 Å².